The van der Waals surface area contributed by atoms with Crippen molar-refractivity contribution in [2.24, 2.45) is 0 Å². The van der Waals surface area contributed by atoms with Crippen LogP contribution in [-0.4, -0.2) is 4.57 Å². The van der Waals surface area contributed by atoms with Gasteiger partial charge in [-0.05, 0) is 30.7 Å². The standard InChI is InChI=1S/C19H18N4/c1-3-23-18-11-15(21)9-10-16(18)17(12-20)19(23)22-13(2)14-7-5-4-6-8-14/h4-11,22H,2-3,21H2,1H3. The molecule has 0 amide bonds. The number of benzene rings is 2. The Morgan fingerprint density at radius 2 is 2.00 bits per heavy atom. The lowest BCUT2D eigenvalue weighted by Gasteiger charge is -2.13. The zero-order chi connectivity index (χ0) is 16.4. The molecule has 0 atom stereocenters. The summed E-state index contributed by atoms with van der Waals surface area (Å²) in [4.78, 5) is 0. The monoisotopic (exact) mass is 302 g/mol. The fraction of sp³-hybridized carbons (Fsp3) is 0.105. The molecule has 0 aliphatic heterocycles. The van der Waals surface area contributed by atoms with Gasteiger partial charge in [-0.1, -0.05) is 36.9 Å². The van der Waals surface area contributed by atoms with Gasteiger partial charge in [-0.15, -0.1) is 0 Å². The Morgan fingerprint density at radius 1 is 1.26 bits per heavy atom. The molecule has 114 valence electrons. The molecule has 0 fully saturated rings. The number of nitrogen functional groups attached to an aromatic ring is 1. The molecule has 1 aromatic heterocycles. The second kappa shape index (κ2) is 5.90. The van der Waals surface area contributed by atoms with Crippen LogP contribution in [0.2, 0.25) is 0 Å². The van der Waals surface area contributed by atoms with E-state index in [-0.39, 0.29) is 0 Å². The molecule has 0 aliphatic carbocycles. The molecule has 0 unspecified atom stereocenters. The largest absolute Gasteiger partial charge is 0.399 e. The van der Waals surface area contributed by atoms with Crippen molar-refractivity contribution in [3.05, 3.63) is 66.2 Å². The summed E-state index contributed by atoms with van der Waals surface area (Å²) in [6.45, 7) is 6.87. The minimum atomic E-state index is 0.610. The van der Waals surface area contributed by atoms with Crippen LogP contribution < -0.4 is 11.1 Å². The van der Waals surface area contributed by atoms with E-state index in [1.807, 2.05) is 55.5 Å². The first kappa shape index (κ1) is 14.7. The number of nitrogens with one attached hydrogen (secondary N) is 1. The smallest absolute Gasteiger partial charge is 0.129 e. The van der Waals surface area contributed by atoms with Crippen LogP contribution in [0.4, 0.5) is 11.5 Å². The third-order valence-electron chi connectivity index (χ3n) is 3.91. The lowest BCUT2D eigenvalue weighted by atomic mass is 10.1. The van der Waals surface area contributed by atoms with Crippen molar-refractivity contribution in [2.75, 3.05) is 11.1 Å². The van der Waals surface area contributed by atoms with Crippen LogP contribution in [0.3, 0.4) is 0 Å². The second-order valence-electron chi connectivity index (χ2n) is 5.33. The van der Waals surface area contributed by atoms with E-state index in [4.69, 9.17) is 5.73 Å². The normalized spacial score (nSPS) is 10.4. The van der Waals surface area contributed by atoms with Crippen molar-refractivity contribution >= 4 is 28.1 Å². The van der Waals surface area contributed by atoms with Crippen LogP contribution in [0.15, 0.2) is 55.1 Å². The number of fused-ring (bicyclic) bond motifs is 1. The fourth-order valence-corrected chi connectivity index (χ4v) is 2.79. The maximum atomic E-state index is 9.61. The van der Waals surface area contributed by atoms with Gasteiger partial charge in [0.05, 0.1) is 5.52 Å². The third-order valence-corrected chi connectivity index (χ3v) is 3.91. The van der Waals surface area contributed by atoms with Crippen LogP contribution in [0.5, 0.6) is 0 Å². The topological polar surface area (TPSA) is 66.8 Å². The Balaban J connectivity index is 2.13. The zero-order valence-corrected chi connectivity index (χ0v) is 13.0. The summed E-state index contributed by atoms with van der Waals surface area (Å²) < 4.78 is 2.05. The molecule has 2 aromatic carbocycles. The molecule has 1 heterocycles. The van der Waals surface area contributed by atoms with Gasteiger partial charge in [-0.25, -0.2) is 0 Å². The van der Waals surface area contributed by atoms with Gasteiger partial charge in [0.2, 0.25) is 0 Å². The zero-order valence-electron chi connectivity index (χ0n) is 13.0. The number of hydrogen-bond donors (Lipinski definition) is 2. The van der Waals surface area contributed by atoms with Gasteiger partial charge in [0.15, 0.2) is 0 Å². The van der Waals surface area contributed by atoms with Gasteiger partial charge < -0.3 is 15.6 Å². The molecule has 0 saturated carbocycles. The van der Waals surface area contributed by atoms with E-state index in [1.165, 1.54) is 0 Å². The molecule has 0 bridgehead atoms. The highest BCUT2D eigenvalue weighted by Crippen LogP contribution is 2.32. The summed E-state index contributed by atoms with van der Waals surface area (Å²) in [6.07, 6.45) is 0. The molecule has 3 aromatic rings. The number of nitrogens with zero attached hydrogens (tertiary/aromatic N) is 2. The van der Waals surface area contributed by atoms with Crippen LogP contribution in [0, 0.1) is 11.3 Å². The highest BCUT2D eigenvalue weighted by Gasteiger charge is 2.17. The lowest BCUT2D eigenvalue weighted by molar-refractivity contribution is 0.806. The molecule has 0 spiro atoms. The molecular weight excluding hydrogens is 284 g/mol. The predicted molar refractivity (Wildman–Crippen MR) is 95.8 cm³/mol. The molecule has 4 heteroatoms. The number of nitrogens with two attached hydrogens (primary N) is 1. The third kappa shape index (κ3) is 2.53. The minimum absolute atomic E-state index is 0.610. The Labute approximate surface area is 135 Å². The van der Waals surface area contributed by atoms with E-state index >= 15 is 0 Å². The number of nitriles is 1. The first-order valence-corrected chi connectivity index (χ1v) is 7.49. The van der Waals surface area contributed by atoms with Gasteiger partial charge in [-0.2, -0.15) is 5.26 Å². The van der Waals surface area contributed by atoms with E-state index in [9.17, 15) is 5.26 Å². The van der Waals surface area contributed by atoms with E-state index < -0.39 is 0 Å². The highest BCUT2D eigenvalue weighted by molar-refractivity contribution is 5.96. The predicted octanol–water partition coefficient (Wildman–Crippen LogP) is 4.20. The molecule has 3 rings (SSSR count). The molecule has 3 N–H and O–H groups in total. The molecule has 0 saturated heterocycles. The van der Waals surface area contributed by atoms with E-state index in [2.05, 4.69) is 22.5 Å². The van der Waals surface area contributed by atoms with Crippen molar-refractivity contribution in [2.45, 2.75) is 13.5 Å². The quantitative estimate of drug-likeness (QED) is 0.710. The van der Waals surface area contributed by atoms with Crippen molar-refractivity contribution < 1.29 is 0 Å². The summed E-state index contributed by atoms with van der Waals surface area (Å²) in [5, 5.41) is 13.8. The average Bonchev–Trinajstić information content (AvgIpc) is 2.87. The molecule has 0 radical (unpaired) electrons. The Bertz CT molecular complexity index is 914. The maximum Gasteiger partial charge on any atom is 0.129 e. The number of hydrogen-bond acceptors (Lipinski definition) is 3. The molecule has 23 heavy (non-hydrogen) atoms. The molecule has 4 nitrogen and oxygen atoms in total. The number of anilines is 2. The Kier molecular flexibility index (Phi) is 3.78. The SMILES string of the molecule is C=C(Nc1c(C#N)c2ccc(N)cc2n1CC)c1ccccc1. The minimum Gasteiger partial charge on any atom is -0.399 e. The van der Waals surface area contributed by atoms with E-state index in [0.717, 1.165) is 34.5 Å². The van der Waals surface area contributed by atoms with Crippen molar-refractivity contribution in [1.82, 2.24) is 4.57 Å². The van der Waals surface area contributed by atoms with Gasteiger partial charge in [0.25, 0.3) is 0 Å². The molecular formula is C19H18N4. The number of rotatable bonds is 4. The average molecular weight is 302 g/mol. The van der Waals surface area contributed by atoms with E-state index in [0.29, 0.717) is 11.3 Å². The van der Waals surface area contributed by atoms with Crippen LogP contribution in [-0.2, 0) is 6.54 Å². The number of aryl methyl sites for hydroxylation is 1. The van der Waals surface area contributed by atoms with Gasteiger partial charge in [0.1, 0.15) is 17.5 Å². The molecule has 0 aliphatic rings. The van der Waals surface area contributed by atoms with Crippen molar-refractivity contribution in [3.8, 4) is 6.07 Å². The Morgan fingerprint density at radius 3 is 2.65 bits per heavy atom. The van der Waals surface area contributed by atoms with Crippen LogP contribution >= 0.6 is 0 Å². The summed E-state index contributed by atoms with van der Waals surface area (Å²) in [5.41, 5.74) is 9.90. The number of aromatic nitrogens is 1. The van der Waals surface area contributed by atoms with Gasteiger partial charge in [-0.3, -0.25) is 0 Å². The lowest BCUT2D eigenvalue weighted by Crippen LogP contribution is -2.05. The van der Waals surface area contributed by atoms with Crippen LogP contribution in [0.1, 0.15) is 18.1 Å². The second-order valence-corrected chi connectivity index (χ2v) is 5.33. The van der Waals surface area contributed by atoms with Gasteiger partial charge in [0, 0.05) is 23.3 Å². The van der Waals surface area contributed by atoms with Gasteiger partial charge >= 0.3 is 0 Å². The van der Waals surface area contributed by atoms with Crippen molar-refractivity contribution in [1.29, 1.82) is 5.26 Å². The summed E-state index contributed by atoms with van der Waals surface area (Å²) in [7, 11) is 0. The Hall–Kier alpha value is -3.19. The first-order valence-electron chi connectivity index (χ1n) is 7.49. The summed E-state index contributed by atoms with van der Waals surface area (Å²) in [6, 6.07) is 17.8. The fourth-order valence-electron chi connectivity index (χ4n) is 2.79. The summed E-state index contributed by atoms with van der Waals surface area (Å²) in [5.74, 6) is 0.754. The maximum absolute atomic E-state index is 9.61. The van der Waals surface area contributed by atoms with Crippen molar-refractivity contribution in [3.63, 3.8) is 0 Å². The summed E-state index contributed by atoms with van der Waals surface area (Å²) >= 11 is 0. The highest BCUT2D eigenvalue weighted by atomic mass is 15.1. The van der Waals surface area contributed by atoms with E-state index in [1.54, 1.807) is 0 Å². The first-order chi connectivity index (χ1) is 11.2. The van der Waals surface area contributed by atoms with Crippen LogP contribution in [0.25, 0.3) is 16.6 Å².